The number of rotatable bonds is 3. The van der Waals surface area contributed by atoms with E-state index in [9.17, 15) is 0 Å². The van der Waals surface area contributed by atoms with Crippen LogP contribution in [0.25, 0.3) is 11.0 Å². The van der Waals surface area contributed by atoms with Crippen LogP contribution in [0.15, 0.2) is 24.3 Å². The van der Waals surface area contributed by atoms with Gasteiger partial charge in [0, 0.05) is 11.3 Å². The lowest BCUT2D eigenvalue weighted by Crippen LogP contribution is -2.28. The Labute approximate surface area is 117 Å². The average Bonchev–Trinajstić information content (AvgIpc) is 2.48. The molecule has 1 heterocycles. The molecule has 1 N–H and O–H groups in total. The van der Waals surface area contributed by atoms with Crippen molar-refractivity contribution in [2.75, 3.05) is 11.6 Å². The third-order valence-corrected chi connectivity index (χ3v) is 4.84. The van der Waals surface area contributed by atoms with Gasteiger partial charge in [0.15, 0.2) is 0 Å². The summed E-state index contributed by atoms with van der Waals surface area (Å²) in [6, 6.07) is 8.33. The van der Waals surface area contributed by atoms with Crippen molar-refractivity contribution in [3.63, 3.8) is 0 Å². The lowest BCUT2D eigenvalue weighted by atomic mass is 9.95. The fourth-order valence-corrected chi connectivity index (χ4v) is 3.31. The second kappa shape index (κ2) is 5.74. The van der Waals surface area contributed by atoms with E-state index in [1.165, 1.54) is 25.7 Å². The Hall–Kier alpha value is -1.36. The molecule has 2 aromatic rings. The first kappa shape index (κ1) is 12.7. The SMILES string of the molecule is CSC1CCC(Nc2nnc3ccccc3n2)CC1. The molecule has 1 aromatic heterocycles. The summed E-state index contributed by atoms with van der Waals surface area (Å²) in [4.78, 5) is 4.52. The van der Waals surface area contributed by atoms with Crippen molar-refractivity contribution in [3.05, 3.63) is 24.3 Å². The molecule has 4 nitrogen and oxygen atoms in total. The van der Waals surface area contributed by atoms with E-state index < -0.39 is 0 Å². The predicted molar refractivity (Wildman–Crippen MR) is 80.5 cm³/mol. The van der Waals surface area contributed by atoms with E-state index >= 15 is 0 Å². The minimum atomic E-state index is 0.492. The van der Waals surface area contributed by atoms with Gasteiger partial charge in [-0.05, 0) is 44.1 Å². The zero-order valence-electron chi connectivity index (χ0n) is 11.0. The van der Waals surface area contributed by atoms with Gasteiger partial charge < -0.3 is 5.32 Å². The number of para-hydroxylation sites is 1. The summed E-state index contributed by atoms with van der Waals surface area (Å²) in [7, 11) is 0. The lowest BCUT2D eigenvalue weighted by Gasteiger charge is -2.27. The highest BCUT2D eigenvalue weighted by Crippen LogP contribution is 2.28. The summed E-state index contributed by atoms with van der Waals surface area (Å²) < 4.78 is 0. The molecular formula is C14H18N4S. The molecule has 0 spiro atoms. The number of fused-ring (bicyclic) bond motifs is 1. The van der Waals surface area contributed by atoms with Gasteiger partial charge >= 0.3 is 0 Å². The topological polar surface area (TPSA) is 50.7 Å². The third-order valence-electron chi connectivity index (χ3n) is 3.70. The van der Waals surface area contributed by atoms with Gasteiger partial charge in [0.2, 0.25) is 5.95 Å². The van der Waals surface area contributed by atoms with Crippen molar-refractivity contribution in [1.82, 2.24) is 15.2 Å². The molecule has 100 valence electrons. The van der Waals surface area contributed by atoms with Crippen LogP contribution in [0.4, 0.5) is 5.95 Å². The van der Waals surface area contributed by atoms with Gasteiger partial charge in [-0.2, -0.15) is 11.8 Å². The van der Waals surface area contributed by atoms with E-state index in [2.05, 4.69) is 26.8 Å². The van der Waals surface area contributed by atoms with E-state index in [1.54, 1.807) is 0 Å². The van der Waals surface area contributed by atoms with Crippen LogP contribution >= 0.6 is 11.8 Å². The molecule has 1 fully saturated rings. The van der Waals surface area contributed by atoms with E-state index in [0.717, 1.165) is 16.3 Å². The van der Waals surface area contributed by atoms with Crippen LogP contribution < -0.4 is 5.32 Å². The predicted octanol–water partition coefficient (Wildman–Crippen LogP) is 3.11. The molecule has 1 saturated carbocycles. The van der Waals surface area contributed by atoms with Crippen LogP contribution in [0.3, 0.4) is 0 Å². The molecule has 1 aliphatic carbocycles. The number of anilines is 1. The van der Waals surface area contributed by atoms with Crippen LogP contribution in [0.1, 0.15) is 25.7 Å². The first-order valence-electron chi connectivity index (χ1n) is 6.74. The number of nitrogens with one attached hydrogen (secondary N) is 1. The Morgan fingerprint density at radius 3 is 2.53 bits per heavy atom. The van der Waals surface area contributed by atoms with Crippen LogP contribution in [-0.4, -0.2) is 32.7 Å². The second-order valence-electron chi connectivity index (χ2n) is 4.98. The van der Waals surface area contributed by atoms with E-state index in [4.69, 9.17) is 0 Å². The Morgan fingerprint density at radius 2 is 1.79 bits per heavy atom. The quantitative estimate of drug-likeness (QED) is 0.932. The molecule has 0 atom stereocenters. The number of nitrogens with zero attached hydrogens (tertiary/aromatic N) is 3. The second-order valence-corrected chi connectivity index (χ2v) is 6.12. The normalized spacial score (nSPS) is 23.4. The van der Waals surface area contributed by atoms with Crippen LogP contribution in [0, 0.1) is 0 Å². The van der Waals surface area contributed by atoms with E-state index in [-0.39, 0.29) is 0 Å². The summed E-state index contributed by atoms with van der Waals surface area (Å²) in [5.74, 6) is 0.659. The van der Waals surface area contributed by atoms with Gasteiger partial charge in [-0.15, -0.1) is 10.2 Å². The maximum Gasteiger partial charge on any atom is 0.243 e. The Balaban J connectivity index is 1.68. The Morgan fingerprint density at radius 1 is 1.05 bits per heavy atom. The summed E-state index contributed by atoms with van der Waals surface area (Å²) in [5, 5.41) is 12.6. The van der Waals surface area contributed by atoms with Gasteiger partial charge in [0.1, 0.15) is 5.52 Å². The van der Waals surface area contributed by atoms with Crippen LogP contribution in [-0.2, 0) is 0 Å². The number of thioether (sulfide) groups is 1. The molecule has 0 unspecified atom stereocenters. The molecule has 0 amide bonds. The van der Waals surface area contributed by atoms with Crippen LogP contribution in [0.5, 0.6) is 0 Å². The van der Waals surface area contributed by atoms with Crippen molar-refractivity contribution in [3.8, 4) is 0 Å². The number of hydrogen-bond acceptors (Lipinski definition) is 5. The maximum absolute atomic E-state index is 4.52. The molecule has 1 aromatic carbocycles. The molecule has 0 bridgehead atoms. The third kappa shape index (κ3) is 2.97. The van der Waals surface area contributed by atoms with Gasteiger partial charge in [-0.3, -0.25) is 0 Å². The fourth-order valence-electron chi connectivity index (χ4n) is 2.57. The molecule has 5 heteroatoms. The number of benzene rings is 1. The average molecular weight is 274 g/mol. The van der Waals surface area contributed by atoms with Gasteiger partial charge in [0.25, 0.3) is 0 Å². The van der Waals surface area contributed by atoms with Crippen molar-refractivity contribution in [2.24, 2.45) is 0 Å². The first-order chi connectivity index (χ1) is 9.35. The van der Waals surface area contributed by atoms with Gasteiger partial charge in [0.05, 0.1) is 5.52 Å². The molecule has 1 aliphatic rings. The van der Waals surface area contributed by atoms with Crippen molar-refractivity contribution < 1.29 is 0 Å². The molecule has 19 heavy (non-hydrogen) atoms. The minimum absolute atomic E-state index is 0.492. The van der Waals surface area contributed by atoms with Crippen molar-refractivity contribution in [1.29, 1.82) is 0 Å². The summed E-state index contributed by atoms with van der Waals surface area (Å²) >= 11 is 1.98. The molecule has 3 rings (SSSR count). The van der Waals surface area contributed by atoms with Crippen molar-refractivity contribution >= 4 is 28.7 Å². The molecular weight excluding hydrogens is 256 g/mol. The highest BCUT2D eigenvalue weighted by Gasteiger charge is 2.20. The largest absolute Gasteiger partial charge is 0.350 e. The monoisotopic (exact) mass is 274 g/mol. The summed E-state index contributed by atoms with van der Waals surface area (Å²) in [6.07, 6.45) is 7.15. The van der Waals surface area contributed by atoms with E-state index in [1.807, 2.05) is 36.0 Å². The Kier molecular flexibility index (Phi) is 3.82. The van der Waals surface area contributed by atoms with Crippen LogP contribution in [0.2, 0.25) is 0 Å². The summed E-state index contributed by atoms with van der Waals surface area (Å²) in [5.41, 5.74) is 1.75. The van der Waals surface area contributed by atoms with Gasteiger partial charge in [-0.25, -0.2) is 4.98 Å². The fraction of sp³-hybridized carbons (Fsp3) is 0.500. The zero-order chi connectivity index (χ0) is 13.1. The minimum Gasteiger partial charge on any atom is -0.350 e. The summed E-state index contributed by atoms with van der Waals surface area (Å²) in [6.45, 7) is 0. The molecule has 0 saturated heterocycles. The lowest BCUT2D eigenvalue weighted by molar-refractivity contribution is 0.471. The maximum atomic E-state index is 4.52. The van der Waals surface area contributed by atoms with E-state index in [0.29, 0.717) is 12.0 Å². The Bertz CT molecular complexity index is 552. The standard InChI is InChI=1S/C14H18N4S/c1-19-11-8-6-10(7-9-11)15-14-16-12-4-2-3-5-13(12)17-18-14/h2-5,10-11H,6-9H2,1H3,(H,15,16,18). The zero-order valence-corrected chi connectivity index (χ0v) is 11.9. The molecule has 0 aliphatic heterocycles. The number of hydrogen-bond donors (Lipinski definition) is 1. The van der Waals surface area contributed by atoms with Crippen molar-refractivity contribution in [2.45, 2.75) is 37.0 Å². The molecule has 0 radical (unpaired) electrons. The number of aromatic nitrogens is 3. The highest BCUT2D eigenvalue weighted by molar-refractivity contribution is 7.99. The smallest absolute Gasteiger partial charge is 0.243 e. The van der Waals surface area contributed by atoms with Gasteiger partial charge in [-0.1, -0.05) is 12.1 Å². The highest BCUT2D eigenvalue weighted by atomic mass is 32.2. The first-order valence-corrected chi connectivity index (χ1v) is 8.03.